The summed E-state index contributed by atoms with van der Waals surface area (Å²) in [6.07, 6.45) is 0. The van der Waals surface area contributed by atoms with E-state index in [-0.39, 0.29) is 33.9 Å². The molecule has 0 fully saturated rings. The van der Waals surface area contributed by atoms with E-state index in [1.807, 2.05) is 0 Å². The smallest absolute Gasteiger partial charge is 0.0626 e. The molecule has 0 atom stereocenters. The minimum Gasteiger partial charge on any atom is -0.0626 e. The van der Waals surface area contributed by atoms with Crippen molar-refractivity contribution in [2.24, 2.45) is 0 Å². The van der Waals surface area contributed by atoms with E-state index in [2.05, 4.69) is 182 Å². The molecule has 0 nitrogen and oxygen atoms in total. The number of hydrogen-bond acceptors (Lipinski definition) is 0. The van der Waals surface area contributed by atoms with E-state index in [0.717, 1.165) is 0 Å². The first-order valence-corrected chi connectivity index (χ1v) is 15.5. The second kappa shape index (κ2) is 18.3. The maximum absolute atomic E-state index is 2.23. The SMILES string of the molecule is [BH4-].[BH4-].[Cu+2].c1ccc(P(c2ccccc2)c2ccccc2)cc1.c1ccc(P(c2ccccc2)c2ccccc2)cc1. The van der Waals surface area contributed by atoms with Gasteiger partial charge in [0.2, 0.25) is 0 Å². The Kier molecular flexibility index (Phi) is 15.2. The minimum absolute atomic E-state index is 0. The number of rotatable bonds is 6. The molecule has 0 aliphatic carbocycles. The number of hydrogen-bond donors (Lipinski definition) is 0. The van der Waals surface area contributed by atoms with Gasteiger partial charge < -0.3 is 0 Å². The van der Waals surface area contributed by atoms with Gasteiger partial charge in [-0.3, -0.25) is 0 Å². The van der Waals surface area contributed by atoms with E-state index < -0.39 is 15.8 Å². The molecule has 41 heavy (non-hydrogen) atoms. The zero-order valence-corrected chi connectivity index (χ0v) is 24.2. The van der Waals surface area contributed by atoms with Crippen LogP contribution >= 0.6 is 15.8 Å². The second-order valence-corrected chi connectivity index (χ2v) is 13.1. The van der Waals surface area contributed by atoms with Gasteiger partial charge in [-0.05, 0) is 47.7 Å². The van der Waals surface area contributed by atoms with Crippen LogP contribution in [0.4, 0.5) is 0 Å². The van der Waals surface area contributed by atoms with E-state index in [9.17, 15) is 0 Å². The van der Waals surface area contributed by atoms with Crippen LogP contribution in [0, 0.1) is 0 Å². The van der Waals surface area contributed by atoms with Gasteiger partial charge in [-0.25, -0.2) is 0 Å². The van der Waals surface area contributed by atoms with Crippen LogP contribution in [0.3, 0.4) is 0 Å². The van der Waals surface area contributed by atoms with Crippen molar-refractivity contribution in [2.75, 3.05) is 0 Å². The summed E-state index contributed by atoms with van der Waals surface area (Å²) in [5.74, 6) is 0. The van der Waals surface area contributed by atoms with E-state index in [0.29, 0.717) is 0 Å². The Morgan fingerprint density at radius 2 is 0.341 bits per heavy atom. The van der Waals surface area contributed by atoms with Crippen molar-refractivity contribution in [3.05, 3.63) is 182 Å². The molecular formula is C36H38B2CuP2. The minimum atomic E-state index is -0.446. The Labute approximate surface area is 262 Å². The third kappa shape index (κ3) is 9.43. The molecule has 0 N–H and O–H groups in total. The molecule has 209 valence electrons. The first kappa shape index (κ1) is 34.0. The molecule has 0 aliphatic rings. The average Bonchev–Trinajstić information content (AvgIpc) is 3.01. The van der Waals surface area contributed by atoms with Crippen LogP contribution in [0.2, 0.25) is 0 Å². The molecule has 0 heterocycles. The zero-order valence-electron chi connectivity index (χ0n) is 21.5. The Bertz CT molecular complexity index is 1180. The van der Waals surface area contributed by atoms with Gasteiger partial charge in [-0.2, -0.15) is 0 Å². The quantitative estimate of drug-likeness (QED) is 0.196. The second-order valence-electron chi connectivity index (χ2n) is 8.68. The van der Waals surface area contributed by atoms with E-state index in [1.54, 1.807) is 0 Å². The predicted octanol–water partition coefficient (Wildman–Crippen LogP) is 3.98. The van der Waals surface area contributed by atoms with Crippen LogP contribution in [0.5, 0.6) is 0 Å². The van der Waals surface area contributed by atoms with Crippen LogP contribution in [0.1, 0.15) is 0 Å². The molecule has 0 saturated heterocycles. The van der Waals surface area contributed by atoms with Crippen LogP contribution in [0.15, 0.2) is 182 Å². The molecule has 0 spiro atoms. The third-order valence-electron chi connectivity index (χ3n) is 6.09. The summed E-state index contributed by atoms with van der Waals surface area (Å²) in [4.78, 5) is 0. The molecule has 6 rings (SSSR count). The van der Waals surface area contributed by atoms with E-state index in [1.165, 1.54) is 31.8 Å². The fourth-order valence-corrected chi connectivity index (χ4v) is 8.97. The van der Waals surface area contributed by atoms with Gasteiger partial charge in [0.15, 0.2) is 0 Å². The van der Waals surface area contributed by atoms with Gasteiger partial charge in [0.25, 0.3) is 0 Å². The van der Waals surface area contributed by atoms with Gasteiger partial charge in [0, 0.05) is 0 Å². The monoisotopic (exact) mass is 617 g/mol. The molecule has 0 unspecified atom stereocenters. The predicted molar refractivity (Wildman–Crippen MR) is 193 cm³/mol. The van der Waals surface area contributed by atoms with Gasteiger partial charge in [0.1, 0.15) is 0 Å². The molecule has 0 aromatic heterocycles. The Morgan fingerprint density at radius 3 is 0.463 bits per heavy atom. The molecule has 0 bridgehead atoms. The molecule has 6 aromatic carbocycles. The van der Waals surface area contributed by atoms with Crippen molar-refractivity contribution >= 4 is 64.5 Å². The molecule has 5 heteroatoms. The summed E-state index contributed by atoms with van der Waals surface area (Å²) in [7, 11) is -0.892. The molecule has 0 aliphatic heterocycles. The van der Waals surface area contributed by atoms with Crippen LogP contribution in [0.25, 0.3) is 0 Å². The summed E-state index contributed by atoms with van der Waals surface area (Å²) in [6, 6.07) is 64.7. The van der Waals surface area contributed by atoms with Crippen molar-refractivity contribution in [3.63, 3.8) is 0 Å². The van der Waals surface area contributed by atoms with Crippen molar-refractivity contribution in [3.8, 4) is 0 Å². The first-order valence-electron chi connectivity index (χ1n) is 12.8. The molecule has 6 aromatic rings. The fourth-order valence-electron chi connectivity index (χ4n) is 4.36. The molecule has 1 radical (unpaired) electrons. The maximum atomic E-state index is 2.23. The Hall–Kier alpha value is -3.17. The van der Waals surface area contributed by atoms with Crippen LogP contribution in [-0.2, 0) is 17.1 Å². The summed E-state index contributed by atoms with van der Waals surface area (Å²) >= 11 is 0. The molecule has 0 saturated carbocycles. The zero-order chi connectivity index (χ0) is 25.8. The van der Waals surface area contributed by atoms with E-state index >= 15 is 0 Å². The first-order chi connectivity index (χ1) is 18.9. The van der Waals surface area contributed by atoms with Crippen molar-refractivity contribution in [1.29, 1.82) is 0 Å². The van der Waals surface area contributed by atoms with Gasteiger partial charge >= 0.3 is 17.1 Å². The Balaban J connectivity index is 0.000000267. The standard InChI is InChI=1S/2C18H15P.2BH4.Cu/c2*1-4-10-16(11-5-1)19(17-12-6-2-7-13-17)18-14-8-3-9-15-18;;;/h2*1-15H;2*1H4;/q;;2*-1;+2. The summed E-state index contributed by atoms with van der Waals surface area (Å²) < 4.78 is 0. The van der Waals surface area contributed by atoms with Crippen molar-refractivity contribution in [2.45, 2.75) is 0 Å². The largest absolute Gasteiger partial charge is 2.00 e. The van der Waals surface area contributed by atoms with Crippen molar-refractivity contribution < 1.29 is 17.1 Å². The molecule has 0 amide bonds. The Morgan fingerprint density at radius 1 is 0.220 bits per heavy atom. The third-order valence-corrected chi connectivity index (χ3v) is 11.0. The van der Waals surface area contributed by atoms with Crippen LogP contribution < -0.4 is 31.8 Å². The van der Waals surface area contributed by atoms with Crippen molar-refractivity contribution in [1.82, 2.24) is 0 Å². The average molecular weight is 618 g/mol. The van der Waals surface area contributed by atoms with Gasteiger partial charge in [-0.15, -0.1) is 0 Å². The topological polar surface area (TPSA) is 0 Å². The number of benzene rings is 6. The van der Waals surface area contributed by atoms with Crippen LogP contribution in [-0.4, -0.2) is 16.8 Å². The summed E-state index contributed by atoms with van der Waals surface area (Å²) in [5.41, 5.74) is 0. The summed E-state index contributed by atoms with van der Waals surface area (Å²) in [5, 5.41) is 8.39. The van der Waals surface area contributed by atoms with Gasteiger partial charge in [-0.1, -0.05) is 199 Å². The van der Waals surface area contributed by atoms with Gasteiger partial charge in [0.05, 0.1) is 0 Å². The normalized spacial score (nSPS) is 9.80. The fraction of sp³-hybridized carbons (Fsp3) is 0. The summed E-state index contributed by atoms with van der Waals surface area (Å²) in [6.45, 7) is 0. The van der Waals surface area contributed by atoms with E-state index in [4.69, 9.17) is 0 Å². The maximum Gasteiger partial charge on any atom is 2.00 e. The molecular weight excluding hydrogens is 580 g/mol.